The van der Waals surface area contributed by atoms with Crippen LogP contribution in [0.1, 0.15) is 90.2 Å². The number of unbranched alkanes of at least 4 members (excludes halogenated alkanes) is 2. The Labute approximate surface area is 257 Å². The number of nitrogens with zero attached hydrogens (tertiary/aromatic N) is 4. The number of thiophene rings is 2. The average Bonchev–Trinajstić information content (AvgIpc) is 3.65. The molecule has 2 atom stereocenters. The molecule has 2 heterocycles. The Hall–Kier alpha value is -3.68. The van der Waals surface area contributed by atoms with Gasteiger partial charge in [-0.3, -0.25) is 0 Å². The number of benzene rings is 2. The Morgan fingerprint density at radius 1 is 0.595 bits per heavy atom. The van der Waals surface area contributed by atoms with Gasteiger partial charge >= 0.3 is 0 Å². The standard InChI is InChI=1S/C36H38N4S2/c1-5-9-11-23(7-3)13-25-15-31-32(35-29(25)17-33(41-35)27(19-37)20-38)16-26(14-24(8-4)12-10-6-2)30-18-34(42-36(30)31)28(21-39)22-40/h15-18,23-24H,5-14H2,1-4H3. The van der Waals surface area contributed by atoms with Crippen LogP contribution >= 0.6 is 22.7 Å². The fourth-order valence-corrected chi connectivity index (χ4v) is 8.40. The molecule has 0 aliphatic carbocycles. The first kappa shape index (κ1) is 31.3. The molecule has 0 fully saturated rings. The molecule has 2 unspecified atom stereocenters. The Morgan fingerprint density at radius 2 is 0.976 bits per heavy atom. The van der Waals surface area contributed by atoms with Gasteiger partial charge in [-0.25, -0.2) is 0 Å². The molecule has 0 radical (unpaired) electrons. The van der Waals surface area contributed by atoms with Gasteiger partial charge in [0.25, 0.3) is 0 Å². The van der Waals surface area contributed by atoms with Gasteiger partial charge in [-0.1, -0.05) is 79.1 Å². The van der Waals surface area contributed by atoms with Gasteiger partial charge in [0, 0.05) is 20.2 Å². The second-order valence-electron chi connectivity index (χ2n) is 11.3. The summed E-state index contributed by atoms with van der Waals surface area (Å²) in [6.07, 6.45) is 11.2. The normalized spacial score (nSPS) is 12.5. The molecular weight excluding hydrogens is 553 g/mol. The van der Waals surface area contributed by atoms with Crippen molar-refractivity contribution in [2.45, 2.75) is 91.9 Å². The lowest BCUT2D eigenvalue weighted by Crippen LogP contribution is -2.05. The van der Waals surface area contributed by atoms with Crippen molar-refractivity contribution in [3.63, 3.8) is 0 Å². The number of nitriles is 4. The molecule has 0 aliphatic rings. The van der Waals surface area contributed by atoms with Gasteiger partial charge in [-0.2, -0.15) is 21.0 Å². The molecule has 0 saturated heterocycles. The molecule has 4 aromatic rings. The fourth-order valence-electron chi connectivity index (χ4n) is 6.06. The fraction of sp³-hybridized carbons (Fsp3) is 0.444. The largest absolute Gasteiger partial charge is 0.192 e. The summed E-state index contributed by atoms with van der Waals surface area (Å²) in [4.78, 5) is 0. The van der Waals surface area contributed by atoms with Crippen LogP contribution in [0.2, 0.25) is 0 Å². The topological polar surface area (TPSA) is 95.2 Å². The highest BCUT2D eigenvalue weighted by Crippen LogP contribution is 2.40. The minimum absolute atomic E-state index is 0.154. The van der Waals surface area contributed by atoms with Crippen molar-refractivity contribution < 1.29 is 0 Å². The molecule has 2 aromatic heterocycles. The lowest BCUT2D eigenvalue weighted by atomic mass is 9.87. The summed E-state index contributed by atoms with van der Waals surface area (Å²) in [5.74, 6) is 1.11. The van der Waals surface area contributed by atoms with Crippen molar-refractivity contribution >= 4 is 64.8 Å². The molecular formula is C36H38N4S2. The smallest absolute Gasteiger partial charge is 0.146 e. The van der Waals surface area contributed by atoms with Gasteiger partial charge in [0.2, 0.25) is 0 Å². The molecule has 0 spiro atoms. The molecule has 6 heteroatoms. The van der Waals surface area contributed by atoms with Crippen LogP contribution in [-0.2, 0) is 12.8 Å². The van der Waals surface area contributed by atoms with Crippen molar-refractivity contribution in [2.24, 2.45) is 11.8 Å². The average molecular weight is 591 g/mol. The SMILES string of the molecule is CCCCC(CC)Cc1cc2c(cc(CC(CC)CCCC)c3cc(=C(C#N)C#N)sc32)c2sc(=C(C#N)C#N)cc12. The zero-order chi connectivity index (χ0) is 30.2. The summed E-state index contributed by atoms with van der Waals surface area (Å²) in [5.41, 5.74) is 2.81. The van der Waals surface area contributed by atoms with Gasteiger partial charge in [-0.15, -0.1) is 22.7 Å². The maximum Gasteiger partial charge on any atom is 0.146 e. The molecule has 0 N–H and O–H groups in total. The highest BCUT2D eigenvalue weighted by molar-refractivity contribution is 7.19. The van der Waals surface area contributed by atoms with Gasteiger partial charge < -0.3 is 0 Å². The van der Waals surface area contributed by atoms with E-state index < -0.39 is 0 Å². The molecule has 4 rings (SSSR count). The molecule has 42 heavy (non-hydrogen) atoms. The van der Waals surface area contributed by atoms with Crippen molar-refractivity contribution in [1.82, 2.24) is 0 Å². The van der Waals surface area contributed by atoms with E-state index in [-0.39, 0.29) is 11.1 Å². The second-order valence-corrected chi connectivity index (χ2v) is 13.4. The maximum atomic E-state index is 9.70. The van der Waals surface area contributed by atoms with Crippen LogP contribution in [0, 0.1) is 57.2 Å². The van der Waals surface area contributed by atoms with E-state index in [1.165, 1.54) is 49.7 Å². The summed E-state index contributed by atoms with van der Waals surface area (Å²) < 4.78 is 3.68. The predicted molar refractivity (Wildman–Crippen MR) is 177 cm³/mol. The lowest BCUT2D eigenvalue weighted by molar-refractivity contribution is 0.450. The minimum Gasteiger partial charge on any atom is -0.192 e. The maximum absolute atomic E-state index is 9.70. The third kappa shape index (κ3) is 6.37. The summed E-state index contributed by atoms with van der Waals surface area (Å²) >= 11 is 3.08. The monoisotopic (exact) mass is 590 g/mol. The lowest BCUT2D eigenvalue weighted by Gasteiger charge is -2.18. The highest BCUT2D eigenvalue weighted by atomic mass is 32.1. The van der Waals surface area contributed by atoms with Crippen LogP contribution in [0.4, 0.5) is 0 Å². The first-order valence-corrected chi connectivity index (χ1v) is 16.9. The Balaban J connectivity index is 2.12. The van der Waals surface area contributed by atoms with Crippen LogP contribution in [0.3, 0.4) is 0 Å². The summed E-state index contributed by atoms with van der Waals surface area (Å²) in [5, 5.41) is 43.3. The van der Waals surface area contributed by atoms with Crippen molar-refractivity contribution in [3.8, 4) is 24.3 Å². The van der Waals surface area contributed by atoms with E-state index in [0.29, 0.717) is 11.8 Å². The molecule has 4 nitrogen and oxygen atoms in total. The summed E-state index contributed by atoms with van der Waals surface area (Å²) in [6, 6.07) is 17.2. The van der Waals surface area contributed by atoms with Crippen LogP contribution in [0.25, 0.3) is 42.1 Å². The van der Waals surface area contributed by atoms with Crippen LogP contribution < -0.4 is 9.06 Å². The van der Waals surface area contributed by atoms with E-state index in [0.717, 1.165) is 65.7 Å². The Kier molecular flexibility index (Phi) is 10.8. The Morgan fingerprint density at radius 3 is 1.29 bits per heavy atom. The van der Waals surface area contributed by atoms with Gasteiger partial charge in [0.05, 0.1) is 9.06 Å². The van der Waals surface area contributed by atoms with E-state index in [1.807, 2.05) is 0 Å². The van der Waals surface area contributed by atoms with Gasteiger partial charge in [0.1, 0.15) is 35.4 Å². The van der Waals surface area contributed by atoms with E-state index in [9.17, 15) is 21.0 Å². The zero-order valence-corrected chi connectivity index (χ0v) is 26.8. The van der Waals surface area contributed by atoms with Crippen LogP contribution in [0.5, 0.6) is 0 Å². The molecule has 0 bridgehead atoms. The molecule has 2 aromatic carbocycles. The third-order valence-electron chi connectivity index (χ3n) is 8.62. The van der Waals surface area contributed by atoms with E-state index >= 15 is 0 Å². The first-order chi connectivity index (χ1) is 20.5. The zero-order valence-electron chi connectivity index (χ0n) is 25.1. The summed E-state index contributed by atoms with van der Waals surface area (Å²) in [6.45, 7) is 8.98. The molecule has 0 saturated carbocycles. The van der Waals surface area contributed by atoms with Crippen molar-refractivity contribution in [2.75, 3.05) is 0 Å². The molecule has 0 amide bonds. The third-order valence-corrected chi connectivity index (χ3v) is 11.0. The van der Waals surface area contributed by atoms with Crippen LogP contribution in [0.15, 0.2) is 24.3 Å². The summed E-state index contributed by atoms with van der Waals surface area (Å²) in [7, 11) is 0. The van der Waals surface area contributed by atoms with Crippen molar-refractivity contribution in [3.05, 3.63) is 44.5 Å². The number of rotatable bonds is 12. The predicted octanol–water partition coefficient (Wildman–Crippen LogP) is 9.18. The Bertz CT molecular complexity index is 1720. The van der Waals surface area contributed by atoms with Crippen LogP contribution in [-0.4, -0.2) is 0 Å². The molecule has 0 aliphatic heterocycles. The van der Waals surface area contributed by atoms with E-state index in [1.54, 1.807) is 22.7 Å². The van der Waals surface area contributed by atoms with E-state index in [4.69, 9.17) is 0 Å². The van der Waals surface area contributed by atoms with Gasteiger partial charge in [-0.05, 0) is 70.8 Å². The number of hydrogen-bond donors (Lipinski definition) is 0. The minimum atomic E-state index is 0.154. The van der Waals surface area contributed by atoms with Gasteiger partial charge in [0.15, 0.2) is 0 Å². The first-order valence-electron chi connectivity index (χ1n) is 15.3. The number of hydrogen-bond acceptors (Lipinski definition) is 6. The quantitative estimate of drug-likeness (QED) is 0.164. The second kappa shape index (κ2) is 14.5. The molecule has 214 valence electrons. The number of fused-ring (bicyclic) bond motifs is 5. The van der Waals surface area contributed by atoms with Crippen molar-refractivity contribution in [1.29, 1.82) is 21.0 Å². The highest BCUT2D eigenvalue weighted by Gasteiger charge is 2.20. The van der Waals surface area contributed by atoms with E-state index in [2.05, 4.69) is 76.2 Å².